The molecule has 0 unspecified atom stereocenters. The highest BCUT2D eigenvalue weighted by molar-refractivity contribution is 7.92. The fraction of sp³-hybridized carbons (Fsp3) is 0.441. The van der Waals surface area contributed by atoms with Crippen molar-refractivity contribution in [3.8, 4) is 17.1 Å². The lowest BCUT2D eigenvalue weighted by Crippen LogP contribution is -2.25. The fourth-order valence-corrected chi connectivity index (χ4v) is 6.34. The van der Waals surface area contributed by atoms with Gasteiger partial charge in [0.15, 0.2) is 5.69 Å². The lowest BCUT2D eigenvalue weighted by molar-refractivity contribution is 0.0131. The van der Waals surface area contributed by atoms with Gasteiger partial charge in [0, 0.05) is 38.4 Å². The van der Waals surface area contributed by atoms with E-state index in [2.05, 4.69) is 19.7 Å². The number of sulfonamides is 1. The normalized spacial score (nSPS) is 11.8. The number of rotatable bonds is 16. The summed E-state index contributed by atoms with van der Waals surface area (Å²) in [5.41, 5.74) is 2.92. The van der Waals surface area contributed by atoms with Gasteiger partial charge >= 0.3 is 5.97 Å². The van der Waals surface area contributed by atoms with Crippen molar-refractivity contribution in [2.24, 2.45) is 0 Å². The lowest BCUT2D eigenvalue weighted by atomic mass is 10.0. The molecule has 4 rings (SSSR count). The summed E-state index contributed by atoms with van der Waals surface area (Å²) in [5, 5.41) is 0. The second-order valence-electron chi connectivity index (χ2n) is 11.4. The van der Waals surface area contributed by atoms with Crippen LogP contribution < -0.4 is 9.46 Å². The Hall–Kier alpha value is -4.40. The summed E-state index contributed by atoms with van der Waals surface area (Å²) in [4.78, 5) is 31.1. The molecule has 0 saturated heterocycles. The van der Waals surface area contributed by atoms with E-state index < -0.39 is 21.6 Å². The van der Waals surface area contributed by atoms with Crippen molar-refractivity contribution in [3.63, 3.8) is 0 Å². The molecule has 0 atom stereocenters. The van der Waals surface area contributed by atoms with E-state index in [9.17, 15) is 13.2 Å². The molecule has 0 aliphatic heterocycles. The Kier molecular flexibility index (Phi) is 11.9. The molecule has 13 nitrogen and oxygen atoms in total. The Morgan fingerprint density at radius 1 is 1.04 bits per heavy atom. The van der Waals surface area contributed by atoms with Gasteiger partial charge in [-0.2, -0.15) is 0 Å². The van der Waals surface area contributed by atoms with E-state index in [0.29, 0.717) is 47.8 Å². The molecule has 258 valence electrons. The number of anilines is 1. The van der Waals surface area contributed by atoms with Crippen LogP contribution in [-0.2, 0) is 49.4 Å². The van der Waals surface area contributed by atoms with Gasteiger partial charge in [-0.05, 0) is 64.3 Å². The maximum Gasteiger partial charge on any atom is 0.357 e. The summed E-state index contributed by atoms with van der Waals surface area (Å²) in [5.74, 6) is 0.255. The summed E-state index contributed by atoms with van der Waals surface area (Å²) < 4.78 is 54.2. The van der Waals surface area contributed by atoms with E-state index in [1.54, 1.807) is 27.0 Å². The van der Waals surface area contributed by atoms with Crippen LogP contribution in [0.15, 0.2) is 47.6 Å². The zero-order valence-electron chi connectivity index (χ0n) is 28.8. The number of methoxy groups -OCH3 is 2. The van der Waals surface area contributed by atoms with Crippen LogP contribution in [0, 0.1) is 6.92 Å². The van der Waals surface area contributed by atoms with Crippen LogP contribution in [0.2, 0.25) is 0 Å². The molecule has 0 fully saturated rings. The predicted molar refractivity (Wildman–Crippen MR) is 180 cm³/mol. The first-order valence-electron chi connectivity index (χ1n) is 15.8. The molecule has 3 heterocycles. The molecule has 0 aliphatic carbocycles. The first kappa shape index (κ1) is 36.4. The minimum atomic E-state index is -4.19. The molecular formula is C34H44N6O7S. The molecule has 0 spiro atoms. The smallest absolute Gasteiger partial charge is 0.357 e. The number of aryl methyl sites for hydroxylation is 2. The number of carbonyl (C=O) groups excluding carboxylic acids is 1. The predicted octanol–water partition coefficient (Wildman–Crippen LogP) is 5.45. The third-order valence-electron chi connectivity index (χ3n) is 7.64. The number of benzene rings is 1. The summed E-state index contributed by atoms with van der Waals surface area (Å²) >= 11 is 0. The van der Waals surface area contributed by atoms with Crippen molar-refractivity contribution < 1.29 is 32.2 Å². The fourth-order valence-electron chi connectivity index (χ4n) is 5.16. The molecule has 3 aromatic heterocycles. The number of pyridine rings is 1. The van der Waals surface area contributed by atoms with Crippen molar-refractivity contribution >= 4 is 21.8 Å². The molecular weight excluding hydrogens is 636 g/mol. The topological polar surface area (TPSA) is 157 Å². The van der Waals surface area contributed by atoms with Crippen LogP contribution in [0.5, 0.6) is 5.88 Å². The number of carbonyl (C=O) groups is 1. The summed E-state index contributed by atoms with van der Waals surface area (Å²) in [6.45, 7) is 12.3. The summed E-state index contributed by atoms with van der Waals surface area (Å²) in [6, 6.07) is 8.66. The SMILES string of the molecule is CCCc1nc(C(C)(C)OC)c(C(=O)OCC)n1Cc1ccc(-c2ncccc2S(=O)(=O)Nc2ncc(C)nc2OC)c(COCC)c1. The standard InChI is InChI=1S/C34H44N6O7S/c1-9-13-27-38-30(34(5,6)45-8)29(33(41)47-11-3)40(27)20-23-15-16-25(24(18-23)21-46-10-2)28-26(14-12-17-35-28)48(42,43)39-31-32(44-7)37-22(4)19-36-31/h12,14-19H,9-11,13,20-21H2,1-8H3,(H,36,39). The number of hydrogen-bond acceptors (Lipinski definition) is 11. The Balaban J connectivity index is 1.83. The number of imidazole rings is 1. The molecule has 0 aliphatic rings. The van der Waals surface area contributed by atoms with E-state index in [1.165, 1.54) is 25.6 Å². The molecule has 4 aromatic rings. The van der Waals surface area contributed by atoms with Gasteiger partial charge < -0.3 is 23.5 Å². The van der Waals surface area contributed by atoms with Crippen LogP contribution in [0.4, 0.5) is 5.82 Å². The van der Waals surface area contributed by atoms with Gasteiger partial charge in [-0.25, -0.2) is 28.2 Å². The Bertz CT molecular complexity index is 1860. The molecule has 1 N–H and O–H groups in total. The number of esters is 1. The maximum atomic E-state index is 13.8. The van der Waals surface area contributed by atoms with Crippen LogP contribution in [0.25, 0.3) is 11.3 Å². The average molecular weight is 681 g/mol. The van der Waals surface area contributed by atoms with E-state index in [0.717, 1.165) is 17.8 Å². The lowest BCUT2D eigenvalue weighted by Gasteiger charge is -2.22. The quantitative estimate of drug-likeness (QED) is 0.150. The van der Waals surface area contributed by atoms with Gasteiger partial charge in [0.05, 0.1) is 37.9 Å². The monoisotopic (exact) mass is 680 g/mol. The van der Waals surface area contributed by atoms with E-state index in [1.807, 2.05) is 50.5 Å². The average Bonchev–Trinajstić information content (AvgIpc) is 3.43. The first-order valence-corrected chi connectivity index (χ1v) is 17.3. The Morgan fingerprint density at radius 2 is 1.81 bits per heavy atom. The largest absolute Gasteiger partial charge is 0.478 e. The number of nitrogens with zero attached hydrogens (tertiary/aromatic N) is 5. The molecule has 1 aromatic carbocycles. The Morgan fingerprint density at radius 3 is 2.48 bits per heavy atom. The minimum Gasteiger partial charge on any atom is -0.478 e. The first-order chi connectivity index (χ1) is 22.9. The highest BCUT2D eigenvalue weighted by atomic mass is 32.2. The second-order valence-corrected chi connectivity index (χ2v) is 13.1. The van der Waals surface area contributed by atoms with Crippen molar-refractivity contribution in [3.05, 3.63) is 76.8 Å². The van der Waals surface area contributed by atoms with Crippen molar-refractivity contribution in [2.75, 3.05) is 32.2 Å². The van der Waals surface area contributed by atoms with Crippen LogP contribution in [0.3, 0.4) is 0 Å². The van der Waals surface area contributed by atoms with Gasteiger partial charge in [0.1, 0.15) is 22.0 Å². The number of hydrogen-bond donors (Lipinski definition) is 1. The maximum absolute atomic E-state index is 13.8. The summed E-state index contributed by atoms with van der Waals surface area (Å²) in [7, 11) is -1.22. The number of aromatic nitrogens is 5. The van der Waals surface area contributed by atoms with Crippen LogP contribution in [0.1, 0.15) is 79.9 Å². The zero-order chi connectivity index (χ0) is 35.1. The van der Waals surface area contributed by atoms with Crippen molar-refractivity contribution in [1.29, 1.82) is 0 Å². The van der Waals surface area contributed by atoms with Crippen LogP contribution in [-0.4, -0.2) is 66.3 Å². The highest BCUT2D eigenvalue weighted by Crippen LogP contribution is 2.33. The number of ether oxygens (including phenoxy) is 4. The molecule has 0 bridgehead atoms. The summed E-state index contributed by atoms with van der Waals surface area (Å²) in [6.07, 6.45) is 4.43. The van der Waals surface area contributed by atoms with Crippen molar-refractivity contribution in [1.82, 2.24) is 24.5 Å². The minimum absolute atomic E-state index is 0.0422. The highest BCUT2D eigenvalue weighted by Gasteiger charge is 2.34. The van der Waals surface area contributed by atoms with Gasteiger partial charge in [-0.1, -0.05) is 25.1 Å². The third-order valence-corrected chi connectivity index (χ3v) is 9.01. The molecule has 14 heteroatoms. The number of nitrogens with one attached hydrogen (secondary N) is 1. The van der Waals surface area contributed by atoms with E-state index in [-0.39, 0.29) is 35.5 Å². The van der Waals surface area contributed by atoms with Gasteiger partial charge in [-0.3, -0.25) is 9.71 Å². The van der Waals surface area contributed by atoms with Crippen molar-refractivity contribution in [2.45, 2.75) is 78.0 Å². The van der Waals surface area contributed by atoms with E-state index >= 15 is 0 Å². The second kappa shape index (κ2) is 15.7. The molecule has 48 heavy (non-hydrogen) atoms. The zero-order valence-corrected chi connectivity index (χ0v) is 29.6. The van der Waals surface area contributed by atoms with E-state index in [4.69, 9.17) is 23.9 Å². The molecule has 0 amide bonds. The third kappa shape index (κ3) is 8.00. The van der Waals surface area contributed by atoms with Gasteiger partial charge in [-0.15, -0.1) is 0 Å². The van der Waals surface area contributed by atoms with Crippen LogP contribution >= 0.6 is 0 Å². The van der Waals surface area contributed by atoms with Gasteiger partial charge in [0.2, 0.25) is 5.82 Å². The van der Waals surface area contributed by atoms with Gasteiger partial charge in [0.25, 0.3) is 15.9 Å². The molecule has 0 radical (unpaired) electrons. The Labute approximate surface area is 282 Å². The molecule has 0 saturated carbocycles.